The van der Waals surface area contributed by atoms with E-state index in [9.17, 15) is 4.79 Å². The van der Waals surface area contributed by atoms with Gasteiger partial charge in [0, 0.05) is 38.2 Å². The molecule has 2 aromatic heterocycles. The van der Waals surface area contributed by atoms with Crippen LogP contribution in [0.15, 0.2) is 89.5 Å². The second-order valence-corrected chi connectivity index (χ2v) is 11.8. The number of hydrogen-bond donors (Lipinski definition) is 0. The molecule has 1 unspecified atom stereocenters. The lowest BCUT2D eigenvalue weighted by atomic mass is 9.95. The van der Waals surface area contributed by atoms with E-state index in [4.69, 9.17) is 19.2 Å². The summed E-state index contributed by atoms with van der Waals surface area (Å²) in [6.45, 7) is 9.15. The first-order chi connectivity index (χ1) is 21.5. The highest BCUT2D eigenvalue weighted by molar-refractivity contribution is 5.98. The molecule has 1 aliphatic rings. The van der Waals surface area contributed by atoms with E-state index in [1.54, 1.807) is 0 Å². The highest BCUT2D eigenvalue weighted by Gasteiger charge is 2.29. The highest BCUT2D eigenvalue weighted by Crippen LogP contribution is 2.36. The van der Waals surface area contributed by atoms with E-state index in [0.717, 1.165) is 59.7 Å². The van der Waals surface area contributed by atoms with Crippen molar-refractivity contribution in [3.05, 3.63) is 96.3 Å². The number of rotatable bonds is 9. The molecule has 226 valence electrons. The second-order valence-electron chi connectivity index (χ2n) is 11.8. The molecule has 1 saturated heterocycles. The molecule has 44 heavy (non-hydrogen) atoms. The molecule has 8 nitrogen and oxygen atoms in total. The molecule has 3 heterocycles. The summed E-state index contributed by atoms with van der Waals surface area (Å²) >= 11 is 0. The van der Waals surface area contributed by atoms with Crippen molar-refractivity contribution in [2.75, 3.05) is 31.1 Å². The minimum atomic E-state index is -0.138. The number of benzene rings is 3. The standard InChI is InChI=1S/C36H39N5O3/c1-4-30(26-13-7-5-8-14-26)36(42)41-20-12-19-40(21-22-41)34-32-33(39-44-35(32)38-31(37-34)23-25(2)3)27-15-11-18-29(24-27)43-28-16-9-6-10-17-28/h5-11,13-18,24-25,30H,4,12,19-23H2,1-3H3. The topological polar surface area (TPSA) is 84.6 Å². The normalized spacial score (nSPS) is 14.5. The van der Waals surface area contributed by atoms with Crippen LogP contribution in [0.25, 0.3) is 22.4 Å². The smallest absolute Gasteiger partial charge is 0.263 e. The molecule has 3 aromatic carbocycles. The summed E-state index contributed by atoms with van der Waals surface area (Å²) in [5, 5.41) is 5.28. The number of hydrogen-bond acceptors (Lipinski definition) is 7. The lowest BCUT2D eigenvalue weighted by Crippen LogP contribution is -2.38. The number of para-hydroxylation sites is 1. The van der Waals surface area contributed by atoms with E-state index < -0.39 is 0 Å². The number of nitrogens with zero attached hydrogens (tertiary/aromatic N) is 5. The Morgan fingerprint density at radius 1 is 0.886 bits per heavy atom. The van der Waals surface area contributed by atoms with Gasteiger partial charge in [-0.2, -0.15) is 4.98 Å². The van der Waals surface area contributed by atoms with Crippen LogP contribution in [0.5, 0.6) is 11.5 Å². The molecule has 0 spiro atoms. The maximum atomic E-state index is 13.7. The number of amides is 1. The first-order valence-corrected chi connectivity index (χ1v) is 15.6. The minimum Gasteiger partial charge on any atom is -0.457 e. The fourth-order valence-electron chi connectivity index (χ4n) is 5.90. The molecule has 6 rings (SSSR count). The van der Waals surface area contributed by atoms with E-state index >= 15 is 0 Å². The van der Waals surface area contributed by atoms with Crippen molar-refractivity contribution in [2.24, 2.45) is 5.92 Å². The first kappa shape index (κ1) is 29.4. The Hall–Kier alpha value is -4.72. The first-order valence-electron chi connectivity index (χ1n) is 15.6. The number of carbonyl (C=O) groups excluding carboxylic acids is 1. The molecular formula is C36H39N5O3. The molecule has 0 bridgehead atoms. The highest BCUT2D eigenvalue weighted by atomic mass is 16.5. The monoisotopic (exact) mass is 589 g/mol. The van der Waals surface area contributed by atoms with E-state index in [-0.39, 0.29) is 11.8 Å². The zero-order valence-corrected chi connectivity index (χ0v) is 25.6. The van der Waals surface area contributed by atoms with Gasteiger partial charge in [-0.1, -0.05) is 86.6 Å². The van der Waals surface area contributed by atoms with Crippen molar-refractivity contribution in [1.82, 2.24) is 20.0 Å². The molecule has 0 N–H and O–H groups in total. The van der Waals surface area contributed by atoms with Gasteiger partial charge in [0.05, 0.1) is 5.92 Å². The van der Waals surface area contributed by atoms with Gasteiger partial charge in [-0.3, -0.25) is 4.79 Å². The number of ether oxygens (including phenoxy) is 1. The summed E-state index contributed by atoms with van der Waals surface area (Å²) in [6, 6.07) is 27.7. The van der Waals surface area contributed by atoms with Crippen LogP contribution in [0.4, 0.5) is 5.82 Å². The van der Waals surface area contributed by atoms with E-state index in [0.29, 0.717) is 42.7 Å². The second kappa shape index (κ2) is 13.3. The van der Waals surface area contributed by atoms with Crippen LogP contribution >= 0.6 is 0 Å². The third-order valence-corrected chi connectivity index (χ3v) is 8.06. The van der Waals surface area contributed by atoms with Crippen LogP contribution in [0.3, 0.4) is 0 Å². The third-order valence-electron chi connectivity index (χ3n) is 8.06. The van der Waals surface area contributed by atoms with E-state index in [1.807, 2.05) is 77.7 Å². The predicted octanol–water partition coefficient (Wildman–Crippen LogP) is 7.51. The lowest BCUT2D eigenvalue weighted by molar-refractivity contribution is -0.132. The average molecular weight is 590 g/mol. The number of aromatic nitrogens is 3. The molecule has 0 radical (unpaired) electrons. The quantitative estimate of drug-likeness (QED) is 0.176. The minimum absolute atomic E-state index is 0.138. The summed E-state index contributed by atoms with van der Waals surface area (Å²) in [4.78, 5) is 27.9. The van der Waals surface area contributed by atoms with Crippen LogP contribution in [-0.4, -0.2) is 52.1 Å². The van der Waals surface area contributed by atoms with Crippen LogP contribution in [0.1, 0.15) is 50.9 Å². The fraction of sp³-hybridized carbons (Fsp3) is 0.333. The zero-order chi connectivity index (χ0) is 30.5. The summed E-state index contributed by atoms with van der Waals surface area (Å²) in [6.07, 6.45) is 2.33. The van der Waals surface area contributed by atoms with Crippen molar-refractivity contribution in [3.8, 4) is 22.8 Å². The SMILES string of the molecule is CCC(C(=O)N1CCCN(c2nc(CC(C)C)nc3onc(-c4cccc(Oc5ccccc5)c4)c23)CC1)c1ccccc1. The predicted molar refractivity (Wildman–Crippen MR) is 173 cm³/mol. The Morgan fingerprint density at radius 3 is 2.39 bits per heavy atom. The average Bonchev–Trinajstić information content (AvgIpc) is 3.30. The fourth-order valence-corrected chi connectivity index (χ4v) is 5.90. The molecule has 1 amide bonds. The molecule has 1 atom stereocenters. The van der Waals surface area contributed by atoms with Gasteiger partial charge in [-0.05, 0) is 48.6 Å². The van der Waals surface area contributed by atoms with Crippen molar-refractivity contribution < 1.29 is 14.1 Å². The van der Waals surface area contributed by atoms with Crippen LogP contribution in [0.2, 0.25) is 0 Å². The Balaban J connectivity index is 1.32. The van der Waals surface area contributed by atoms with Crippen molar-refractivity contribution in [1.29, 1.82) is 0 Å². The summed E-state index contributed by atoms with van der Waals surface area (Å²) in [7, 11) is 0. The van der Waals surface area contributed by atoms with Gasteiger partial charge in [0.1, 0.15) is 34.2 Å². The molecule has 0 saturated carbocycles. The Kier molecular flexibility index (Phi) is 8.86. The van der Waals surface area contributed by atoms with Gasteiger partial charge in [0.25, 0.3) is 5.71 Å². The largest absolute Gasteiger partial charge is 0.457 e. The van der Waals surface area contributed by atoms with Gasteiger partial charge in [0.2, 0.25) is 5.91 Å². The Bertz CT molecular complexity index is 1700. The van der Waals surface area contributed by atoms with Crippen LogP contribution in [0, 0.1) is 5.92 Å². The van der Waals surface area contributed by atoms with Crippen molar-refractivity contribution >= 4 is 22.8 Å². The van der Waals surface area contributed by atoms with Crippen molar-refractivity contribution in [2.45, 2.75) is 46.0 Å². The maximum Gasteiger partial charge on any atom is 0.263 e. The maximum absolute atomic E-state index is 13.7. The number of fused-ring (bicyclic) bond motifs is 1. The molecule has 5 aromatic rings. The van der Waals surface area contributed by atoms with Crippen LogP contribution in [-0.2, 0) is 11.2 Å². The van der Waals surface area contributed by atoms with Gasteiger partial charge >= 0.3 is 0 Å². The zero-order valence-electron chi connectivity index (χ0n) is 25.6. The summed E-state index contributed by atoms with van der Waals surface area (Å²) in [5.41, 5.74) is 3.09. The molecular weight excluding hydrogens is 550 g/mol. The van der Waals surface area contributed by atoms with Gasteiger partial charge < -0.3 is 19.1 Å². The molecule has 8 heteroatoms. The van der Waals surface area contributed by atoms with Crippen LogP contribution < -0.4 is 9.64 Å². The van der Waals surface area contributed by atoms with E-state index in [2.05, 4.69) is 43.0 Å². The number of anilines is 1. The van der Waals surface area contributed by atoms with Gasteiger partial charge in [-0.15, -0.1) is 0 Å². The Labute approximate surface area is 258 Å². The van der Waals surface area contributed by atoms with Gasteiger partial charge in [0.15, 0.2) is 0 Å². The lowest BCUT2D eigenvalue weighted by Gasteiger charge is -2.26. The molecule has 0 aliphatic carbocycles. The Morgan fingerprint density at radius 2 is 1.64 bits per heavy atom. The number of carbonyl (C=O) groups is 1. The third kappa shape index (κ3) is 6.44. The van der Waals surface area contributed by atoms with E-state index in [1.165, 1.54) is 0 Å². The summed E-state index contributed by atoms with van der Waals surface area (Å²) < 4.78 is 12.0. The van der Waals surface area contributed by atoms with Crippen molar-refractivity contribution in [3.63, 3.8) is 0 Å². The van der Waals surface area contributed by atoms with Gasteiger partial charge in [-0.25, -0.2) is 4.98 Å². The molecule has 1 fully saturated rings. The molecule has 1 aliphatic heterocycles. The summed E-state index contributed by atoms with van der Waals surface area (Å²) in [5.74, 6) is 3.45.